The summed E-state index contributed by atoms with van der Waals surface area (Å²) in [5, 5.41) is 1.21. The van der Waals surface area contributed by atoms with Gasteiger partial charge in [-0.2, -0.15) is 0 Å². The normalized spacial score (nSPS) is 17.6. The van der Waals surface area contributed by atoms with Gasteiger partial charge in [-0.05, 0) is 23.8 Å². The molecular weight excluding hydrogens is 200 g/mol. The van der Waals surface area contributed by atoms with Gasteiger partial charge in [0.05, 0.1) is 4.90 Å². The summed E-state index contributed by atoms with van der Waals surface area (Å²) in [6, 6.07) is 4.72. The Morgan fingerprint density at radius 3 is 2.64 bits per heavy atom. The smallest absolute Gasteiger partial charge is 0.200 e. The lowest BCUT2D eigenvalue weighted by atomic mass is 10.1. The fourth-order valence-corrected chi connectivity index (χ4v) is 3.00. The maximum Gasteiger partial charge on any atom is 0.200 e. The van der Waals surface area contributed by atoms with Crippen LogP contribution in [0, 0.1) is 0 Å². The summed E-state index contributed by atoms with van der Waals surface area (Å²) >= 11 is 0. The van der Waals surface area contributed by atoms with Gasteiger partial charge in [-0.1, -0.05) is 0 Å². The van der Waals surface area contributed by atoms with E-state index in [1.165, 1.54) is 11.5 Å². The summed E-state index contributed by atoms with van der Waals surface area (Å²) in [4.78, 5) is 0.298. The van der Waals surface area contributed by atoms with Crippen LogP contribution in [0.5, 0.6) is 0 Å². The van der Waals surface area contributed by atoms with Crippen LogP contribution in [-0.2, 0) is 9.84 Å². The van der Waals surface area contributed by atoms with Gasteiger partial charge in [-0.3, -0.25) is 0 Å². The van der Waals surface area contributed by atoms with Gasteiger partial charge >= 0.3 is 0 Å². The summed E-state index contributed by atoms with van der Waals surface area (Å²) in [6.45, 7) is 0.204. The van der Waals surface area contributed by atoms with E-state index >= 15 is 0 Å². The summed E-state index contributed by atoms with van der Waals surface area (Å²) in [7, 11) is -3.28. The highest BCUT2D eigenvalue weighted by molar-refractivity contribution is 7.95. The van der Waals surface area contributed by atoms with Crippen LogP contribution < -0.4 is 11.5 Å². The number of hydrogen-bond donors (Lipinski definition) is 2. The number of anilines is 1. The second-order valence-corrected chi connectivity index (χ2v) is 4.91. The topological polar surface area (TPSA) is 86.2 Å². The van der Waals surface area contributed by atoms with E-state index in [0.717, 1.165) is 0 Å². The molecule has 14 heavy (non-hydrogen) atoms. The van der Waals surface area contributed by atoms with Crippen molar-refractivity contribution in [1.29, 1.82) is 0 Å². The molecule has 4 nitrogen and oxygen atoms in total. The molecule has 4 N–H and O–H groups in total. The van der Waals surface area contributed by atoms with Crippen molar-refractivity contribution in [3.8, 4) is 0 Å². The Labute approximate surface area is 82.1 Å². The third-order valence-electron chi connectivity index (χ3n) is 2.17. The quantitative estimate of drug-likeness (QED) is 0.655. The van der Waals surface area contributed by atoms with Crippen molar-refractivity contribution < 1.29 is 8.42 Å². The second kappa shape index (κ2) is 2.83. The number of hydrogen-bond acceptors (Lipinski definition) is 4. The Kier molecular flexibility index (Phi) is 1.87. The van der Waals surface area contributed by atoms with Gasteiger partial charge < -0.3 is 11.5 Å². The van der Waals surface area contributed by atoms with E-state index in [1.807, 2.05) is 0 Å². The summed E-state index contributed by atoms with van der Waals surface area (Å²) < 4.78 is 23.1. The molecule has 0 atom stereocenters. The Bertz CT molecular complexity index is 518. The predicted molar refractivity (Wildman–Crippen MR) is 55.1 cm³/mol. The van der Waals surface area contributed by atoms with Crippen LogP contribution in [0.4, 0.5) is 5.69 Å². The van der Waals surface area contributed by atoms with Crippen LogP contribution in [0.15, 0.2) is 28.5 Å². The highest BCUT2D eigenvalue weighted by atomic mass is 32.2. The molecule has 0 spiro atoms. The molecule has 0 aromatic heterocycles. The van der Waals surface area contributed by atoms with Crippen molar-refractivity contribution in [2.45, 2.75) is 4.90 Å². The van der Waals surface area contributed by atoms with Gasteiger partial charge in [0.25, 0.3) is 0 Å². The van der Waals surface area contributed by atoms with Crippen LogP contribution in [0.2, 0.25) is 0 Å². The van der Waals surface area contributed by atoms with E-state index in [2.05, 4.69) is 0 Å². The van der Waals surface area contributed by atoms with Crippen molar-refractivity contribution >= 4 is 21.1 Å². The van der Waals surface area contributed by atoms with Crippen molar-refractivity contribution in [1.82, 2.24) is 0 Å². The fraction of sp³-hybridized carbons (Fsp3) is 0.111. The molecule has 1 aliphatic rings. The molecule has 0 fully saturated rings. The van der Waals surface area contributed by atoms with E-state index < -0.39 is 9.84 Å². The zero-order valence-electron chi connectivity index (χ0n) is 7.40. The van der Waals surface area contributed by atoms with E-state index in [0.29, 0.717) is 21.7 Å². The Balaban J connectivity index is 2.75. The van der Waals surface area contributed by atoms with Gasteiger partial charge in [0.15, 0.2) is 0 Å². The first kappa shape index (κ1) is 9.23. The predicted octanol–water partition coefficient (Wildman–Crippen LogP) is 0.356. The van der Waals surface area contributed by atoms with Gasteiger partial charge in [0.1, 0.15) is 0 Å². The van der Waals surface area contributed by atoms with Crippen molar-refractivity contribution in [3.05, 3.63) is 29.2 Å². The van der Waals surface area contributed by atoms with Gasteiger partial charge in [-0.25, -0.2) is 8.42 Å². The zero-order chi connectivity index (χ0) is 10.3. The second-order valence-electron chi connectivity index (χ2n) is 3.15. The molecule has 5 heteroatoms. The number of rotatable bonds is 1. The van der Waals surface area contributed by atoms with Crippen LogP contribution in [0.1, 0.15) is 5.56 Å². The maximum absolute atomic E-state index is 11.6. The van der Waals surface area contributed by atoms with Gasteiger partial charge in [0.2, 0.25) is 9.84 Å². The lowest BCUT2D eigenvalue weighted by molar-refractivity contribution is 0.605. The molecule has 1 aliphatic heterocycles. The molecule has 0 saturated heterocycles. The minimum absolute atomic E-state index is 0.204. The molecule has 1 aromatic rings. The highest BCUT2D eigenvalue weighted by Crippen LogP contribution is 2.33. The first-order valence-electron chi connectivity index (χ1n) is 4.10. The molecule has 0 amide bonds. The molecule has 74 valence electrons. The monoisotopic (exact) mass is 210 g/mol. The van der Waals surface area contributed by atoms with Crippen molar-refractivity contribution in [2.24, 2.45) is 5.73 Å². The highest BCUT2D eigenvalue weighted by Gasteiger charge is 2.25. The SMILES string of the molecule is NCC1=CS(=O)(=O)c2ccc(N)cc21. The number of nitrogens with two attached hydrogens (primary N) is 2. The third-order valence-corrected chi connectivity index (χ3v) is 3.74. The average Bonchev–Trinajstić information content (AvgIpc) is 2.37. The van der Waals surface area contributed by atoms with E-state index in [9.17, 15) is 8.42 Å². The largest absolute Gasteiger partial charge is 0.399 e. The zero-order valence-corrected chi connectivity index (χ0v) is 8.21. The number of fused-ring (bicyclic) bond motifs is 1. The Morgan fingerprint density at radius 2 is 2.00 bits per heavy atom. The Hall–Kier alpha value is -1.33. The van der Waals surface area contributed by atoms with Gasteiger partial charge in [0, 0.05) is 23.2 Å². The minimum atomic E-state index is -3.28. The molecular formula is C9H10N2O2S. The van der Waals surface area contributed by atoms with Gasteiger partial charge in [-0.15, -0.1) is 0 Å². The molecule has 0 unspecified atom stereocenters. The lowest BCUT2D eigenvalue weighted by Crippen LogP contribution is -2.01. The minimum Gasteiger partial charge on any atom is -0.399 e. The van der Waals surface area contributed by atoms with E-state index in [4.69, 9.17) is 11.5 Å². The molecule has 1 heterocycles. The number of nitrogen functional groups attached to an aromatic ring is 1. The maximum atomic E-state index is 11.6. The summed E-state index contributed by atoms with van der Waals surface area (Å²) in [5.74, 6) is 0. The first-order valence-corrected chi connectivity index (χ1v) is 5.65. The Morgan fingerprint density at radius 1 is 1.29 bits per heavy atom. The molecule has 1 aromatic carbocycles. The molecule has 0 bridgehead atoms. The van der Waals surface area contributed by atoms with Crippen LogP contribution >= 0.6 is 0 Å². The molecule has 0 aliphatic carbocycles. The van der Waals surface area contributed by atoms with Crippen LogP contribution in [-0.4, -0.2) is 15.0 Å². The molecule has 0 radical (unpaired) electrons. The lowest BCUT2D eigenvalue weighted by Gasteiger charge is -2.02. The third kappa shape index (κ3) is 1.21. The first-order chi connectivity index (χ1) is 6.54. The van der Waals surface area contributed by atoms with Crippen LogP contribution in [0.3, 0.4) is 0 Å². The molecule has 0 saturated carbocycles. The van der Waals surface area contributed by atoms with E-state index in [1.54, 1.807) is 12.1 Å². The fourth-order valence-electron chi connectivity index (χ4n) is 1.52. The van der Waals surface area contributed by atoms with Crippen LogP contribution in [0.25, 0.3) is 5.57 Å². The number of sulfone groups is 1. The summed E-state index contributed by atoms with van der Waals surface area (Å²) in [5.41, 5.74) is 12.8. The standard InChI is InChI=1S/C9H10N2O2S/c10-4-6-5-14(12,13)9-2-1-7(11)3-8(6)9/h1-3,5H,4,10-11H2. The van der Waals surface area contributed by atoms with Crippen molar-refractivity contribution in [2.75, 3.05) is 12.3 Å². The van der Waals surface area contributed by atoms with Crippen molar-refractivity contribution in [3.63, 3.8) is 0 Å². The average molecular weight is 210 g/mol. The number of benzene rings is 1. The van der Waals surface area contributed by atoms with E-state index in [-0.39, 0.29) is 6.54 Å². The molecule has 2 rings (SSSR count). The summed E-state index contributed by atoms with van der Waals surface area (Å²) in [6.07, 6.45) is 0.